The Morgan fingerprint density at radius 1 is 1.24 bits per heavy atom. The normalized spacial score (nSPS) is 10.4. The van der Waals surface area contributed by atoms with Gasteiger partial charge in [0.2, 0.25) is 0 Å². The van der Waals surface area contributed by atoms with Crippen molar-refractivity contribution >= 4 is 5.69 Å². The Kier molecular flexibility index (Phi) is 5.29. The molecular weight excluding hydrogens is 214 g/mol. The van der Waals surface area contributed by atoms with E-state index in [1.54, 1.807) is 7.11 Å². The Hall–Kier alpha value is -1.22. The van der Waals surface area contributed by atoms with Crippen LogP contribution < -0.4 is 9.64 Å². The van der Waals surface area contributed by atoms with E-state index in [9.17, 15) is 0 Å². The molecule has 3 heteroatoms. The highest BCUT2D eigenvalue weighted by Gasteiger charge is 2.11. The Labute approximate surface area is 104 Å². The van der Waals surface area contributed by atoms with Crippen LogP contribution in [-0.4, -0.2) is 32.4 Å². The third kappa shape index (κ3) is 3.63. The average molecular weight is 237 g/mol. The molecule has 0 amide bonds. The molecule has 0 aromatic heterocycles. The molecule has 0 atom stereocenters. The standard InChI is InChI=1S/C14H23NO2/c1-11-9-12(2)14(13(10-11)17-4)15(3)7-5-6-8-16/h9-10,16H,5-8H2,1-4H3. The average Bonchev–Trinajstić information content (AvgIpc) is 2.27. The summed E-state index contributed by atoms with van der Waals surface area (Å²) in [6, 6.07) is 4.23. The third-order valence-electron chi connectivity index (χ3n) is 2.91. The summed E-state index contributed by atoms with van der Waals surface area (Å²) in [7, 11) is 3.77. The molecule has 0 heterocycles. The number of aliphatic hydroxyl groups is 1. The minimum atomic E-state index is 0.262. The summed E-state index contributed by atoms with van der Waals surface area (Å²) in [6.45, 7) is 5.37. The van der Waals surface area contributed by atoms with Gasteiger partial charge in [-0.3, -0.25) is 0 Å². The number of nitrogens with zero attached hydrogens (tertiary/aromatic N) is 1. The van der Waals surface area contributed by atoms with Crippen molar-refractivity contribution in [1.29, 1.82) is 0 Å². The number of methoxy groups -OCH3 is 1. The largest absolute Gasteiger partial charge is 0.495 e. The van der Waals surface area contributed by atoms with E-state index in [4.69, 9.17) is 9.84 Å². The number of hydrogen-bond donors (Lipinski definition) is 1. The molecule has 0 saturated heterocycles. The zero-order chi connectivity index (χ0) is 12.8. The molecule has 0 unspecified atom stereocenters. The maximum absolute atomic E-state index is 8.80. The molecule has 1 N–H and O–H groups in total. The lowest BCUT2D eigenvalue weighted by atomic mass is 10.1. The van der Waals surface area contributed by atoms with Crippen LogP contribution in [0.4, 0.5) is 5.69 Å². The number of anilines is 1. The van der Waals surface area contributed by atoms with E-state index in [2.05, 4.69) is 37.9 Å². The summed E-state index contributed by atoms with van der Waals surface area (Å²) in [5.41, 5.74) is 3.59. The number of ether oxygens (including phenoxy) is 1. The van der Waals surface area contributed by atoms with E-state index in [0.717, 1.165) is 30.8 Å². The van der Waals surface area contributed by atoms with Gasteiger partial charge in [0.05, 0.1) is 12.8 Å². The van der Waals surface area contributed by atoms with Gasteiger partial charge in [-0.1, -0.05) is 6.07 Å². The molecule has 96 valence electrons. The molecular formula is C14H23NO2. The second-order valence-corrected chi connectivity index (χ2v) is 4.48. The van der Waals surface area contributed by atoms with E-state index in [0.29, 0.717) is 0 Å². The summed E-state index contributed by atoms with van der Waals surface area (Å²) in [5.74, 6) is 0.925. The topological polar surface area (TPSA) is 32.7 Å². The van der Waals surface area contributed by atoms with E-state index in [1.165, 1.54) is 11.1 Å². The van der Waals surface area contributed by atoms with E-state index in [-0.39, 0.29) is 6.61 Å². The van der Waals surface area contributed by atoms with Crippen molar-refractivity contribution in [2.45, 2.75) is 26.7 Å². The minimum Gasteiger partial charge on any atom is -0.495 e. The van der Waals surface area contributed by atoms with Crippen LogP contribution in [0, 0.1) is 13.8 Å². The Balaban J connectivity index is 2.87. The first kappa shape index (κ1) is 13.8. The predicted molar refractivity (Wildman–Crippen MR) is 72.1 cm³/mol. The van der Waals surface area contributed by atoms with Gasteiger partial charge in [0.25, 0.3) is 0 Å². The first-order valence-corrected chi connectivity index (χ1v) is 6.07. The van der Waals surface area contributed by atoms with Crippen LogP contribution in [0.2, 0.25) is 0 Å². The van der Waals surface area contributed by atoms with Gasteiger partial charge in [0, 0.05) is 20.2 Å². The van der Waals surface area contributed by atoms with Crippen LogP contribution in [0.15, 0.2) is 12.1 Å². The van der Waals surface area contributed by atoms with Crippen molar-refractivity contribution < 1.29 is 9.84 Å². The second-order valence-electron chi connectivity index (χ2n) is 4.48. The van der Waals surface area contributed by atoms with Crippen LogP contribution in [0.25, 0.3) is 0 Å². The van der Waals surface area contributed by atoms with Gasteiger partial charge in [0.1, 0.15) is 5.75 Å². The molecule has 17 heavy (non-hydrogen) atoms. The van der Waals surface area contributed by atoms with Crippen molar-refractivity contribution in [3.8, 4) is 5.75 Å². The second kappa shape index (κ2) is 6.50. The zero-order valence-corrected chi connectivity index (χ0v) is 11.3. The van der Waals surface area contributed by atoms with Crippen molar-refractivity contribution in [2.24, 2.45) is 0 Å². The summed E-state index contributed by atoms with van der Waals surface area (Å²) in [5, 5.41) is 8.80. The first-order chi connectivity index (χ1) is 8.10. The molecule has 1 rings (SSSR count). The zero-order valence-electron chi connectivity index (χ0n) is 11.3. The summed E-state index contributed by atoms with van der Waals surface area (Å²) in [6.07, 6.45) is 1.83. The van der Waals surface area contributed by atoms with Crippen LogP contribution >= 0.6 is 0 Å². The fourth-order valence-electron chi connectivity index (χ4n) is 2.14. The SMILES string of the molecule is COc1cc(C)cc(C)c1N(C)CCCCO. The minimum absolute atomic E-state index is 0.262. The third-order valence-corrected chi connectivity index (χ3v) is 2.91. The van der Waals surface area contributed by atoms with Crippen molar-refractivity contribution in [2.75, 3.05) is 32.2 Å². The smallest absolute Gasteiger partial charge is 0.142 e. The number of rotatable bonds is 6. The Morgan fingerprint density at radius 3 is 2.53 bits per heavy atom. The van der Waals surface area contributed by atoms with Gasteiger partial charge in [-0.2, -0.15) is 0 Å². The lowest BCUT2D eigenvalue weighted by Crippen LogP contribution is -2.20. The van der Waals surface area contributed by atoms with E-state index in [1.807, 2.05) is 0 Å². The molecule has 3 nitrogen and oxygen atoms in total. The summed E-state index contributed by atoms with van der Waals surface area (Å²) < 4.78 is 5.44. The van der Waals surface area contributed by atoms with Crippen LogP contribution in [0.1, 0.15) is 24.0 Å². The predicted octanol–water partition coefficient (Wildman–Crippen LogP) is 2.52. The molecule has 0 bridgehead atoms. The fourth-order valence-corrected chi connectivity index (χ4v) is 2.14. The summed E-state index contributed by atoms with van der Waals surface area (Å²) >= 11 is 0. The van der Waals surface area contributed by atoms with Crippen molar-refractivity contribution in [3.63, 3.8) is 0 Å². The Morgan fingerprint density at radius 2 is 1.94 bits per heavy atom. The monoisotopic (exact) mass is 237 g/mol. The molecule has 0 saturated carbocycles. The quantitative estimate of drug-likeness (QED) is 0.772. The van der Waals surface area contributed by atoms with Gasteiger partial charge >= 0.3 is 0 Å². The molecule has 0 aliphatic rings. The highest BCUT2D eigenvalue weighted by Crippen LogP contribution is 2.32. The van der Waals surface area contributed by atoms with Crippen LogP contribution in [-0.2, 0) is 0 Å². The van der Waals surface area contributed by atoms with Gasteiger partial charge < -0.3 is 14.7 Å². The van der Waals surface area contributed by atoms with Crippen molar-refractivity contribution in [3.05, 3.63) is 23.3 Å². The molecule has 0 spiro atoms. The highest BCUT2D eigenvalue weighted by molar-refractivity contribution is 5.64. The lowest BCUT2D eigenvalue weighted by Gasteiger charge is -2.24. The number of unbranched alkanes of at least 4 members (excludes halogenated alkanes) is 1. The van der Waals surface area contributed by atoms with Crippen LogP contribution in [0.3, 0.4) is 0 Å². The van der Waals surface area contributed by atoms with Gasteiger partial charge in [-0.25, -0.2) is 0 Å². The molecule has 1 aromatic rings. The number of hydrogen-bond acceptors (Lipinski definition) is 3. The Bertz CT molecular complexity index is 363. The fraction of sp³-hybridized carbons (Fsp3) is 0.571. The number of benzene rings is 1. The summed E-state index contributed by atoms with van der Waals surface area (Å²) in [4.78, 5) is 2.20. The lowest BCUT2D eigenvalue weighted by molar-refractivity contribution is 0.285. The molecule has 0 radical (unpaired) electrons. The molecule has 1 aromatic carbocycles. The van der Waals surface area contributed by atoms with E-state index < -0.39 is 0 Å². The molecule has 0 aliphatic carbocycles. The maximum Gasteiger partial charge on any atom is 0.142 e. The van der Waals surface area contributed by atoms with Crippen LogP contribution in [0.5, 0.6) is 5.75 Å². The maximum atomic E-state index is 8.80. The number of aliphatic hydroxyl groups excluding tert-OH is 1. The number of aryl methyl sites for hydroxylation is 2. The molecule has 0 fully saturated rings. The van der Waals surface area contributed by atoms with Crippen molar-refractivity contribution in [1.82, 2.24) is 0 Å². The van der Waals surface area contributed by atoms with Gasteiger partial charge in [-0.05, 0) is 43.9 Å². The first-order valence-electron chi connectivity index (χ1n) is 6.07. The van der Waals surface area contributed by atoms with Gasteiger partial charge in [-0.15, -0.1) is 0 Å². The molecule has 0 aliphatic heterocycles. The van der Waals surface area contributed by atoms with Gasteiger partial charge in [0.15, 0.2) is 0 Å². The highest BCUT2D eigenvalue weighted by atomic mass is 16.5. The van der Waals surface area contributed by atoms with E-state index >= 15 is 0 Å².